The molecule has 194 valence electrons. The molecule has 1 amide bonds. The van der Waals surface area contributed by atoms with Gasteiger partial charge in [0.15, 0.2) is 5.13 Å². The number of thiazole rings is 1. The van der Waals surface area contributed by atoms with Gasteiger partial charge in [0.1, 0.15) is 11.5 Å². The molecule has 9 nitrogen and oxygen atoms in total. The van der Waals surface area contributed by atoms with Crippen LogP contribution in [0.2, 0.25) is 5.02 Å². The molecule has 5 rings (SSSR count). The summed E-state index contributed by atoms with van der Waals surface area (Å²) in [5.41, 5.74) is 6.87. The third kappa shape index (κ3) is 6.20. The number of nitrogens with zero attached hydrogens (tertiary/aromatic N) is 3. The molecule has 0 radical (unpaired) electrons. The summed E-state index contributed by atoms with van der Waals surface area (Å²) in [4.78, 5) is 27.8. The summed E-state index contributed by atoms with van der Waals surface area (Å²) in [5, 5.41) is 21.6. The second-order valence-electron chi connectivity index (χ2n) is 8.40. The van der Waals surface area contributed by atoms with Crippen LogP contribution in [0.15, 0.2) is 93.8 Å². The third-order valence-corrected chi connectivity index (χ3v) is 6.73. The second-order valence-corrected chi connectivity index (χ2v) is 9.70. The van der Waals surface area contributed by atoms with Crippen molar-refractivity contribution in [3.63, 3.8) is 0 Å². The summed E-state index contributed by atoms with van der Waals surface area (Å²) >= 11 is 7.40. The zero-order chi connectivity index (χ0) is 27.4. The molecule has 0 unspecified atom stereocenters. The Labute approximate surface area is 231 Å². The number of aryl methyl sites for hydroxylation is 1. The molecule has 2 N–H and O–H groups in total. The van der Waals surface area contributed by atoms with Crippen LogP contribution in [0.4, 0.5) is 16.5 Å². The molecule has 2 aromatic heterocycles. The van der Waals surface area contributed by atoms with Crippen LogP contribution in [0.5, 0.6) is 0 Å². The smallest absolute Gasteiger partial charge is 0.271 e. The van der Waals surface area contributed by atoms with E-state index in [-0.39, 0.29) is 11.6 Å². The van der Waals surface area contributed by atoms with Crippen molar-refractivity contribution in [2.24, 2.45) is 5.10 Å². The minimum Gasteiger partial charge on any atom is -0.455 e. The number of non-ortho nitro benzene ring substituents is 1. The lowest BCUT2D eigenvalue weighted by atomic mass is 10.1. The molecular formula is C28H20ClN5O4S. The Kier molecular flexibility index (Phi) is 7.48. The number of carbonyl (C=O) groups excluding carboxylic acids is 1. The summed E-state index contributed by atoms with van der Waals surface area (Å²) in [7, 11) is 0. The Balaban J connectivity index is 1.19. The molecular weight excluding hydrogens is 538 g/mol. The van der Waals surface area contributed by atoms with Gasteiger partial charge < -0.3 is 9.73 Å². The van der Waals surface area contributed by atoms with Crippen LogP contribution in [0, 0.1) is 17.0 Å². The first-order valence-electron chi connectivity index (χ1n) is 11.6. The van der Waals surface area contributed by atoms with E-state index in [0.717, 1.165) is 27.6 Å². The quantitative estimate of drug-likeness (QED) is 0.116. The summed E-state index contributed by atoms with van der Waals surface area (Å²) < 4.78 is 5.74. The molecule has 0 aliphatic heterocycles. The first-order chi connectivity index (χ1) is 18.9. The van der Waals surface area contributed by atoms with Crippen molar-refractivity contribution in [2.75, 3.05) is 5.32 Å². The largest absolute Gasteiger partial charge is 0.455 e. The number of nitrogens with one attached hydrogen (secondary N) is 2. The number of carbonyl (C=O) groups is 1. The van der Waals surface area contributed by atoms with Gasteiger partial charge in [-0.15, -0.1) is 11.3 Å². The maximum Gasteiger partial charge on any atom is 0.271 e. The van der Waals surface area contributed by atoms with Crippen molar-refractivity contribution in [3.05, 3.63) is 116 Å². The zero-order valence-corrected chi connectivity index (χ0v) is 22.0. The van der Waals surface area contributed by atoms with E-state index in [2.05, 4.69) is 20.8 Å². The van der Waals surface area contributed by atoms with Gasteiger partial charge in [0.25, 0.3) is 11.6 Å². The number of hydrazone groups is 1. The number of anilines is 2. The Morgan fingerprint density at radius 2 is 1.85 bits per heavy atom. The topological polar surface area (TPSA) is 123 Å². The molecule has 3 aromatic carbocycles. The zero-order valence-electron chi connectivity index (χ0n) is 20.4. The number of nitro benzene ring substituents is 1. The van der Waals surface area contributed by atoms with Gasteiger partial charge in [-0.25, -0.2) is 10.4 Å². The van der Waals surface area contributed by atoms with Crippen molar-refractivity contribution in [2.45, 2.75) is 6.92 Å². The summed E-state index contributed by atoms with van der Waals surface area (Å²) in [6, 6.07) is 22.3. The molecule has 0 aliphatic carbocycles. The lowest BCUT2D eigenvalue weighted by molar-refractivity contribution is -0.384. The van der Waals surface area contributed by atoms with Crippen molar-refractivity contribution in [1.82, 2.24) is 10.4 Å². The summed E-state index contributed by atoms with van der Waals surface area (Å²) in [6.07, 6.45) is 1.37. The van der Waals surface area contributed by atoms with E-state index in [4.69, 9.17) is 16.0 Å². The highest BCUT2D eigenvalue weighted by molar-refractivity contribution is 7.14. The van der Waals surface area contributed by atoms with E-state index in [1.54, 1.807) is 42.5 Å². The van der Waals surface area contributed by atoms with Crippen molar-refractivity contribution in [1.29, 1.82) is 0 Å². The van der Waals surface area contributed by atoms with Gasteiger partial charge >= 0.3 is 0 Å². The first kappa shape index (κ1) is 25.8. The predicted molar refractivity (Wildman–Crippen MR) is 153 cm³/mol. The van der Waals surface area contributed by atoms with Crippen molar-refractivity contribution < 1.29 is 14.1 Å². The fourth-order valence-corrected chi connectivity index (χ4v) is 4.55. The van der Waals surface area contributed by atoms with Crippen LogP contribution in [0.25, 0.3) is 22.6 Å². The van der Waals surface area contributed by atoms with E-state index >= 15 is 0 Å². The number of hydrogen-bond donors (Lipinski definition) is 2. The molecule has 0 fully saturated rings. The predicted octanol–water partition coefficient (Wildman–Crippen LogP) is 7.45. The highest BCUT2D eigenvalue weighted by atomic mass is 35.5. The maximum absolute atomic E-state index is 12.5. The fraction of sp³-hybridized carbons (Fsp3) is 0.0357. The molecule has 11 heteroatoms. The van der Waals surface area contributed by atoms with Crippen LogP contribution in [-0.4, -0.2) is 22.0 Å². The molecule has 0 atom stereocenters. The molecule has 2 heterocycles. The second kappa shape index (κ2) is 11.3. The normalized spacial score (nSPS) is 11.0. The lowest BCUT2D eigenvalue weighted by Crippen LogP contribution is -2.17. The van der Waals surface area contributed by atoms with Crippen LogP contribution in [0.1, 0.15) is 21.7 Å². The average molecular weight is 558 g/mol. The van der Waals surface area contributed by atoms with Crippen LogP contribution < -0.4 is 10.7 Å². The molecule has 39 heavy (non-hydrogen) atoms. The summed E-state index contributed by atoms with van der Waals surface area (Å²) in [5.74, 6) is 0.466. The SMILES string of the molecule is Cc1ccc([N+](=O)[O-])cc1-c1ccc(/C=N\NC(=O)c2ccc(-c3csc(Nc4ccc(Cl)cc4)n3)cc2)o1. The fourth-order valence-electron chi connectivity index (χ4n) is 3.69. The molecule has 0 aliphatic rings. The van der Waals surface area contributed by atoms with Gasteiger partial charge in [-0.05, 0) is 61.0 Å². The first-order valence-corrected chi connectivity index (χ1v) is 12.9. The minimum absolute atomic E-state index is 0.0228. The van der Waals surface area contributed by atoms with Crippen LogP contribution in [0.3, 0.4) is 0 Å². The van der Waals surface area contributed by atoms with Gasteiger partial charge in [0.05, 0.1) is 16.8 Å². The van der Waals surface area contributed by atoms with E-state index in [9.17, 15) is 14.9 Å². The van der Waals surface area contributed by atoms with E-state index in [0.29, 0.717) is 27.7 Å². The highest BCUT2D eigenvalue weighted by Gasteiger charge is 2.13. The van der Waals surface area contributed by atoms with Gasteiger partial charge in [0, 0.05) is 44.9 Å². The average Bonchev–Trinajstić information content (AvgIpc) is 3.60. The number of hydrogen-bond acceptors (Lipinski definition) is 8. The number of halogens is 1. The minimum atomic E-state index is -0.454. The molecule has 0 saturated heterocycles. The summed E-state index contributed by atoms with van der Waals surface area (Å²) in [6.45, 7) is 1.84. The molecule has 0 bridgehead atoms. The van der Waals surface area contributed by atoms with Gasteiger partial charge in [0.2, 0.25) is 0 Å². The molecule has 5 aromatic rings. The van der Waals surface area contributed by atoms with Gasteiger partial charge in [-0.1, -0.05) is 29.8 Å². The standard InChI is InChI=1S/C28H20ClN5O4S/c1-17-2-11-22(34(36)37)14-24(17)26-13-12-23(38-26)15-30-33-27(35)19-5-3-18(4-6-19)25-16-39-28(32-25)31-21-9-7-20(29)8-10-21/h2-16H,1H3,(H,31,32)(H,33,35)/b30-15-. The Bertz CT molecular complexity index is 1680. The Morgan fingerprint density at radius 1 is 1.08 bits per heavy atom. The van der Waals surface area contributed by atoms with Crippen molar-refractivity contribution in [3.8, 4) is 22.6 Å². The lowest BCUT2D eigenvalue weighted by Gasteiger charge is -2.03. The Hall–Kier alpha value is -4.80. The van der Waals surface area contributed by atoms with E-state index in [1.165, 1.54) is 29.7 Å². The van der Waals surface area contributed by atoms with E-state index < -0.39 is 4.92 Å². The number of rotatable bonds is 8. The number of furan rings is 1. The highest BCUT2D eigenvalue weighted by Crippen LogP contribution is 2.29. The van der Waals surface area contributed by atoms with E-state index in [1.807, 2.05) is 36.6 Å². The maximum atomic E-state index is 12.5. The van der Waals surface area contributed by atoms with Crippen LogP contribution in [-0.2, 0) is 0 Å². The van der Waals surface area contributed by atoms with Crippen molar-refractivity contribution >= 4 is 51.6 Å². The monoisotopic (exact) mass is 557 g/mol. The molecule has 0 saturated carbocycles. The number of amides is 1. The van der Waals surface area contributed by atoms with Gasteiger partial charge in [-0.3, -0.25) is 14.9 Å². The van der Waals surface area contributed by atoms with Gasteiger partial charge in [-0.2, -0.15) is 5.10 Å². The Morgan fingerprint density at radius 3 is 2.59 bits per heavy atom. The van der Waals surface area contributed by atoms with Crippen LogP contribution >= 0.6 is 22.9 Å². The number of nitro groups is 1. The number of benzene rings is 3. The number of aromatic nitrogens is 1. The third-order valence-electron chi connectivity index (χ3n) is 5.72. The molecule has 0 spiro atoms.